The van der Waals surface area contributed by atoms with E-state index in [1.54, 1.807) is 30.3 Å². The number of carbonyl (C=O) groups is 1. The maximum absolute atomic E-state index is 12.3. The Morgan fingerprint density at radius 1 is 1.04 bits per heavy atom. The highest BCUT2D eigenvalue weighted by atomic mass is 16.5. The van der Waals surface area contributed by atoms with Crippen molar-refractivity contribution in [3.05, 3.63) is 82.6 Å². The van der Waals surface area contributed by atoms with Crippen LogP contribution in [0.1, 0.15) is 10.4 Å². The molecule has 3 rings (SSSR count). The van der Waals surface area contributed by atoms with Crippen molar-refractivity contribution in [2.24, 2.45) is 0 Å². The van der Waals surface area contributed by atoms with E-state index in [9.17, 15) is 9.59 Å². The third-order valence-corrected chi connectivity index (χ3v) is 3.90. The quantitative estimate of drug-likeness (QED) is 0.741. The van der Waals surface area contributed by atoms with Gasteiger partial charge in [0.1, 0.15) is 5.75 Å². The molecule has 0 aliphatic carbocycles. The number of methoxy groups -OCH3 is 1. The van der Waals surface area contributed by atoms with Crippen LogP contribution in [-0.4, -0.2) is 29.3 Å². The zero-order valence-electron chi connectivity index (χ0n) is 14.4. The predicted molar refractivity (Wildman–Crippen MR) is 99.3 cm³/mol. The van der Waals surface area contributed by atoms with Gasteiger partial charge in [0.15, 0.2) is 0 Å². The molecule has 6 heteroatoms. The topological polar surface area (TPSA) is 73.2 Å². The second-order valence-electron chi connectivity index (χ2n) is 5.60. The number of carbonyl (C=O) groups excluding carboxylic acids is 1. The van der Waals surface area contributed by atoms with Crippen molar-refractivity contribution >= 4 is 5.91 Å². The van der Waals surface area contributed by atoms with Crippen molar-refractivity contribution in [1.29, 1.82) is 0 Å². The minimum atomic E-state index is -0.255. The van der Waals surface area contributed by atoms with Crippen LogP contribution in [0.5, 0.6) is 5.75 Å². The van der Waals surface area contributed by atoms with Crippen LogP contribution in [0.2, 0.25) is 0 Å². The number of amides is 1. The van der Waals surface area contributed by atoms with Crippen LogP contribution >= 0.6 is 0 Å². The lowest BCUT2D eigenvalue weighted by Crippen LogP contribution is -2.32. The molecule has 3 aromatic rings. The van der Waals surface area contributed by atoms with Gasteiger partial charge in [0.05, 0.1) is 24.9 Å². The number of nitrogens with one attached hydrogen (secondary N) is 1. The third kappa shape index (κ3) is 3.97. The Labute approximate surface area is 151 Å². The Balaban J connectivity index is 1.68. The fraction of sp³-hybridized carbons (Fsp3) is 0.150. The average Bonchev–Trinajstić information content (AvgIpc) is 2.70. The Bertz CT molecular complexity index is 952. The average molecular weight is 349 g/mol. The van der Waals surface area contributed by atoms with Gasteiger partial charge >= 0.3 is 0 Å². The van der Waals surface area contributed by atoms with Crippen molar-refractivity contribution in [1.82, 2.24) is 15.1 Å². The van der Waals surface area contributed by atoms with Crippen LogP contribution in [-0.2, 0) is 6.54 Å². The van der Waals surface area contributed by atoms with Crippen LogP contribution in [0.15, 0.2) is 71.5 Å². The first kappa shape index (κ1) is 17.4. The molecule has 0 aliphatic heterocycles. The molecule has 0 aliphatic rings. The van der Waals surface area contributed by atoms with Gasteiger partial charge in [0.25, 0.3) is 11.5 Å². The number of rotatable bonds is 6. The van der Waals surface area contributed by atoms with E-state index in [1.165, 1.54) is 17.9 Å². The molecule has 1 amide bonds. The largest absolute Gasteiger partial charge is 0.496 e. The summed E-state index contributed by atoms with van der Waals surface area (Å²) in [7, 11) is 1.52. The van der Waals surface area contributed by atoms with E-state index < -0.39 is 0 Å². The molecule has 2 aromatic carbocycles. The summed E-state index contributed by atoms with van der Waals surface area (Å²) in [4.78, 5) is 24.3. The molecule has 1 heterocycles. The van der Waals surface area contributed by atoms with Gasteiger partial charge < -0.3 is 10.1 Å². The number of aromatic nitrogens is 2. The van der Waals surface area contributed by atoms with Crippen molar-refractivity contribution < 1.29 is 9.53 Å². The maximum atomic E-state index is 12.3. The normalized spacial score (nSPS) is 10.3. The SMILES string of the molecule is COc1ccccc1C(=O)NCCn1nc(-c2ccccc2)ccc1=O. The Kier molecular flexibility index (Phi) is 5.43. The van der Waals surface area contributed by atoms with E-state index in [2.05, 4.69) is 10.4 Å². The number of benzene rings is 2. The Morgan fingerprint density at radius 2 is 1.77 bits per heavy atom. The van der Waals surface area contributed by atoms with Crippen molar-refractivity contribution in [3.8, 4) is 17.0 Å². The smallest absolute Gasteiger partial charge is 0.266 e. The number of ether oxygens (including phenoxy) is 1. The van der Waals surface area contributed by atoms with E-state index in [1.807, 2.05) is 30.3 Å². The molecule has 26 heavy (non-hydrogen) atoms. The molecule has 0 spiro atoms. The standard InChI is InChI=1S/C20H19N3O3/c1-26-18-10-6-5-9-16(18)20(25)21-13-14-23-19(24)12-11-17(22-23)15-7-3-2-4-8-15/h2-12H,13-14H2,1H3,(H,21,25). The molecule has 0 saturated carbocycles. The highest BCUT2D eigenvalue weighted by Gasteiger charge is 2.11. The zero-order valence-corrected chi connectivity index (χ0v) is 14.4. The number of hydrogen-bond donors (Lipinski definition) is 1. The number of para-hydroxylation sites is 1. The molecule has 0 bridgehead atoms. The second-order valence-corrected chi connectivity index (χ2v) is 5.60. The first-order valence-electron chi connectivity index (χ1n) is 8.24. The van der Waals surface area contributed by atoms with Crippen LogP contribution in [0.4, 0.5) is 0 Å². The monoisotopic (exact) mass is 349 g/mol. The van der Waals surface area contributed by atoms with Gasteiger partial charge in [-0.1, -0.05) is 42.5 Å². The molecular weight excluding hydrogens is 330 g/mol. The van der Waals surface area contributed by atoms with Gasteiger partial charge in [-0.3, -0.25) is 9.59 Å². The summed E-state index contributed by atoms with van der Waals surface area (Å²) >= 11 is 0. The molecule has 1 aromatic heterocycles. The first-order valence-corrected chi connectivity index (χ1v) is 8.24. The highest BCUT2D eigenvalue weighted by Crippen LogP contribution is 2.17. The second kappa shape index (κ2) is 8.11. The zero-order chi connectivity index (χ0) is 18.4. The fourth-order valence-corrected chi connectivity index (χ4v) is 2.57. The van der Waals surface area contributed by atoms with Crippen LogP contribution in [0, 0.1) is 0 Å². The lowest BCUT2D eigenvalue weighted by molar-refractivity contribution is 0.0948. The Hall–Kier alpha value is -3.41. The van der Waals surface area contributed by atoms with Crippen molar-refractivity contribution in [2.45, 2.75) is 6.54 Å². The minimum Gasteiger partial charge on any atom is -0.496 e. The van der Waals surface area contributed by atoms with Gasteiger partial charge in [-0.15, -0.1) is 0 Å². The fourth-order valence-electron chi connectivity index (χ4n) is 2.57. The molecule has 0 fully saturated rings. The predicted octanol–water partition coefficient (Wildman–Crippen LogP) is 2.35. The summed E-state index contributed by atoms with van der Waals surface area (Å²) in [5, 5.41) is 7.16. The molecule has 1 N–H and O–H groups in total. The summed E-state index contributed by atoms with van der Waals surface area (Å²) in [5.41, 5.74) is 1.88. The van der Waals surface area contributed by atoms with Gasteiger partial charge in [0, 0.05) is 18.2 Å². The number of nitrogens with zero attached hydrogens (tertiary/aromatic N) is 2. The van der Waals surface area contributed by atoms with Crippen molar-refractivity contribution in [3.63, 3.8) is 0 Å². The van der Waals surface area contributed by atoms with E-state index in [4.69, 9.17) is 4.74 Å². The highest BCUT2D eigenvalue weighted by molar-refractivity contribution is 5.96. The number of hydrogen-bond acceptors (Lipinski definition) is 4. The lowest BCUT2D eigenvalue weighted by Gasteiger charge is -2.10. The van der Waals surface area contributed by atoms with E-state index >= 15 is 0 Å². The molecule has 6 nitrogen and oxygen atoms in total. The summed E-state index contributed by atoms with van der Waals surface area (Å²) in [6.45, 7) is 0.558. The van der Waals surface area contributed by atoms with Crippen LogP contribution < -0.4 is 15.6 Å². The summed E-state index contributed by atoms with van der Waals surface area (Å²) in [5.74, 6) is 0.251. The molecule has 0 unspecified atom stereocenters. The molecule has 0 radical (unpaired) electrons. The lowest BCUT2D eigenvalue weighted by atomic mass is 10.1. The minimum absolute atomic E-state index is 0.212. The first-order chi connectivity index (χ1) is 12.7. The molecular formula is C20H19N3O3. The van der Waals surface area contributed by atoms with Crippen LogP contribution in [0.3, 0.4) is 0 Å². The van der Waals surface area contributed by atoms with Crippen LogP contribution in [0.25, 0.3) is 11.3 Å². The van der Waals surface area contributed by atoms with Gasteiger partial charge in [-0.25, -0.2) is 4.68 Å². The van der Waals surface area contributed by atoms with E-state index in [0.717, 1.165) is 5.56 Å². The summed E-state index contributed by atoms with van der Waals surface area (Å²) < 4.78 is 6.54. The van der Waals surface area contributed by atoms with E-state index in [0.29, 0.717) is 17.0 Å². The van der Waals surface area contributed by atoms with E-state index in [-0.39, 0.29) is 24.6 Å². The third-order valence-electron chi connectivity index (χ3n) is 3.90. The molecule has 0 saturated heterocycles. The Morgan fingerprint density at radius 3 is 2.54 bits per heavy atom. The summed E-state index contributed by atoms with van der Waals surface area (Å²) in [6.07, 6.45) is 0. The van der Waals surface area contributed by atoms with Gasteiger partial charge in [-0.2, -0.15) is 5.10 Å². The van der Waals surface area contributed by atoms with Crippen molar-refractivity contribution in [2.75, 3.05) is 13.7 Å². The molecule has 132 valence electrons. The molecule has 0 atom stereocenters. The van der Waals surface area contributed by atoms with Gasteiger partial charge in [-0.05, 0) is 18.2 Å². The summed E-state index contributed by atoms with van der Waals surface area (Å²) in [6, 6.07) is 19.8. The van der Waals surface area contributed by atoms with Gasteiger partial charge in [0.2, 0.25) is 0 Å². The maximum Gasteiger partial charge on any atom is 0.266 e.